The van der Waals surface area contributed by atoms with Crippen LogP contribution in [-0.2, 0) is 52.1 Å². The summed E-state index contributed by atoms with van der Waals surface area (Å²) in [6, 6.07) is 2.85. The maximum absolute atomic E-state index is 6.11. The highest BCUT2D eigenvalue weighted by atomic mass is 32.2. The van der Waals surface area contributed by atoms with Crippen LogP contribution in [0.2, 0.25) is 51.4 Å². The molecule has 2 aliphatic heterocycles. The van der Waals surface area contributed by atoms with E-state index in [0.717, 1.165) is 76.8 Å². The normalized spacial score (nSPS) is 24.1. The molecule has 6 rings (SSSR count). The van der Waals surface area contributed by atoms with Gasteiger partial charge in [-0.15, -0.1) is 23.5 Å². The average molecular weight is 1150 g/mol. The molecule has 2 atom stereocenters. The first-order valence-corrected chi connectivity index (χ1v) is 46.4. The minimum Gasteiger partial charge on any atom is -0.374 e. The van der Waals surface area contributed by atoms with Gasteiger partial charge in [0.1, 0.15) is 9.87 Å². The lowest BCUT2D eigenvalue weighted by Gasteiger charge is -2.35. The van der Waals surface area contributed by atoms with Crippen molar-refractivity contribution in [2.45, 2.75) is 239 Å². The third-order valence-electron chi connectivity index (χ3n) is 14.0. The van der Waals surface area contributed by atoms with Crippen molar-refractivity contribution in [3.8, 4) is 0 Å². The number of ether oxygens (including phenoxy) is 11. The van der Waals surface area contributed by atoms with Crippen molar-refractivity contribution in [1.29, 1.82) is 0 Å². The number of methoxy groups -OCH3 is 2. The molecule has 2 unspecified atom stereocenters. The van der Waals surface area contributed by atoms with Crippen molar-refractivity contribution < 1.29 is 52.1 Å². The second-order valence-corrected chi connectivity index (χ2v) is 31.4. The largest absolute Gasteiger partial charge is 0.374 e. The van der Waals surface area contributed by atoms with Gasteiger partial charge in [-0.05, 0) is 109 Å². The van der Waals surface area contributed by atoms with Crippen LogP contribution in [0.15, 0.2) is 0 Å². The SMILES string of the molecule is COC1(OCCC[SiH2]C)CCCCC1.COC1(OC[SiH2]C)CCCCC1.C[SiH2]CCCOC1(SC)CCCCC1.C[SiH2]COC1(SC)CCCCC1.C[SiH2]COC1CCCO1.C[SiH2]COC1COCCO1. The molecule has 0 N–H and O–H groups in total. The molecule has 2 saturated heterocycles. The molecule has 0 spiro atoms. The summed E-state index contributed by atoms with van der Waals surface area (Å²) in [7, 11) is 4.24. The van der Waals surface area contributed by atoms with Crippen LogP contribution in [0.25, 0.3) is 0 Å². The van der Waals surface area contributed by atoms with E-state index < -0.39 is 0 Å². The molecule has 71 heavy (non-hydrogen) atoms. The fourth-order valence-electron chi connectivity index (χ4n) is 9.53. The van der Waals surface area contributed by atoms with Crippen LogP contribution in [0.1, 0.15) is 154 Å². The molecule has 11 nitrogen and oxygen atoms in total. The van der Waals surface area contributed by atoms with Gasteiger partial charge >= 0.3 is 0 Å². The standard InChI is InChI=1S/C11H24O2Si.C11H24OSSi.C9H20O2Si.C9H20OSSi.C6H14O3Si.C6H14O2Si/c1-12-11(7-4-3-5-8-11)13-9-6-10-14-2;1-13-11(7-4-3-5-8-11)12-9-6-10-14-2;1-10-9(11-8-12-2)6-4-3-5-7-9;1-11-9(10-8-12-2)6-4-3-5-7-9;1-10-5-9-6-4-7-2-3-8-6;1-9-5-8-6-3-2-4-7-6/h2*3-10,14H2,1-2H3;2*3-8,12H2,1-2H3;6H,2-5,10H2,1H3;6H,2-5,9H2,1H3. The summed E-state index contributed by atoms with van der Waals surface area (Å²) in [6.07, 6.45) is 38.7. The Kier molecular flexibility index (Phi) is 47.3. The zero-order valence-electron chi connectivity index (χ0n) is 48.2. The average Bonchev–Trinajstić information content (AvgIpc) is 3.97. The topological polar surface area (TPSA) is 102 Å². The lowest BCUT2D eigenvalue weighted by Crippen LogP contribution is -2.38. The highest BCUT2D eigenvalue weighted by Crippen LogP contribution is 2.40. The van der Waals surface area contributed by atoms with E-state index in [2.05, 4.69) is 51.8 Å². The van der Waals surface area contributed by atoms with Crippen LogP contribution in [0.5, 0.6) is 0 Å². The second-order valence-electron chi connectivity index (χ2n) is 20.1. The summed E-state index contributed by atoms with van der Waals surface area (Å²) >= 11 is 3.87. The van der Waals surface area contributed by atoms with E-state index in [4.69, 9.17) is 52.1 Å². The molecule has 0 aromatic carbocycles. The van der Waals surface area contributed by atoms with E-state index in [1.54, 1.807) is 14.2 Å². The third-order valence-corrected chi connectivity index (χ3v) is 21.5. The van der Waals surface area contributed by atoms with Crippen molar-refractivity contribution in [2.24, 2.45) is 0 Å². The van der Waals surface area contributed by atoms with Crippen LogP contribution in [-0.4, -0.2) is 182 Å². The zero-order chi connectivity index (χ0) is 52.0. The maximum atomic E-state index is 6.11. The molecule has 2 heterocycles. The Bertz CT molecular complexity index is 1070. The Morgan fingerprint density at radius 1 is 0.437 bits per heavy atom. The van der Waals surface area contributed by atoms with Crippen LogP contribution in [0, 0.1) is 0 Å². The maximum Gasteiger partial charge on any atom is 0.180 e. The van der Waals surface area contributed by atoms with Gasteiger partial charge in [-0.3, -0.25) is 0 Å². The van der Waals surface area contributed by atoms with Crippen molar-refractivity contribution in [3.63, 3.8) is 0 Å². The van der Waals surface area contributed by atoms with Gasteiger partial charge in [0.15, 0.2) is 24.2 Å². The van der Waals surface area contributed by atoms with E-state index in [9.17, 15) is 0 Å². The predicted molar refractivity (Wildman–Crippen MR) is 325 cm³/mol. The summed E-state index contributed by atoms with van der Waals surface area (Å²) in [5, 5.41) is 0. The van der Waals surface area contributed by atoms with Gasteiger partial charge < -0.3 is 52.1 Å². The Morgan fingerprint density at radius 3 is 1.27 bits per heavy atom. The van der Waals surface area contributed by atoms with Gasteiger partial charge in [-0.2, -0.15) is 0 Å². The molecule has 4 saturated carbocycles. The fraction of sp³-hybridized carbons (Fsp3) is 1.00. The summed E-state index contributed by atoms with van der Waals surface area (Å²) in [6.45, 7) is 18.6. The van der Waals surface area contributed by atoms with Gasteiger partial charge in [0, 0.05) is 148 Å². The predicted octanol–water partition coefficient (Wildman–Crippen LogP) is 8.94. The molecule has 0 radical (unpaired) electrons. The molecule has 0 amide bonds. The van der Waals surface area contributed by atoms with Gasteiger partial charge in [-0.25, -0.2) is 0 Å². The summed E-state index contributed by atoms with van der Waals surface area (Å²) in [5.74, 6) is -0.408. The Morgan fingerprint density at radius 2 is 0.859 bits per heavy atom. The van der Waals surface area contributed by atoms with Crippen LogP contribution in [0.4, 0.5) is 0 Å². The third kappa shape index (κ3) is 34.2. The highest BCUT2D eigenvalue weighted by molar-refractivity contribution is 8.00. The Hall–Kier alpha value is 1.56. The highest BCUT2D eigenvalue weighted by Gasteiger charge is 2.34. The molecular weight excluding hydrogens is 1030 g/mol. The van der Waals surface area contributed by atoms with Gasteiger partial charge in [0.05, 0.1) is 19.8 Å². The van der Waals surface area contributed by atoms with Gasteiger partial charge in [0.25, 0.3) is 0 Å². The minimum absolute atomic E-state index is 0.0112. The van der Waals surface area contributed by atoms with Crippen LogP contribution in [0.3, 0.4) is 0 Å². The monoisotopic (exact) mass is 1150 g/mol. The number of thioether (sulfide) groups is 2. The van der Waals surface area contributed by atoms with Crippen molar-refractivity contribution in [1.82, 2.24) is 0 Å². The fourth-order valence-corrected chi connectivity index (χ4v) is 15.0. The van der Waals surface area contributed by atoms with Crippen LogP contribution >= 0.6 is 23.5 Å². The van der Waals surface area contributed by atoms with Gasteiger partial charge in [-0.1, -0.05) is 77.1 Å². The zero-order valence-corrected chi connectivity index (χ0v) is 58.3. The molecule has 4 aliphatic carbocycles. The summed E-state index contributed by atoms with van der Waals surface area (Å²) in [5.41, 5.74) is 0. The lowest BCUT2D eigenvalue weighted by atomic mass is 9.94. The van der Waals surface area contributed by atoms with Crippen molar-refractivity contribution in [3.05, 3.63) is 0 Å². The van der Waals surface area contributed by atoms with E-state index in [1.807, 2.05) is 23.5 Å². The number of hydrogen-bond donors (Lipinski definition) is 0. The molecule has 19 heteroatoms. The first-order chi connectivity index (χ1) is 34.7. The number of hydrogen-bond acceptors (Lipinski definition) is 13. The molecular formula is C52H116O11S2Si6. The van der Waals surface area contributed by atoms with E-state index >= 15 is 0 Å². The summed E-state index contributed by atoms with van der Waals surface area (Å²) in [4.78, 5) is 0.425. The van der Waals surface area contributed by atoms with Crippen LogP contribution < -0.4 is 0 Å². The first-order valence-electron chi connectivity index (χ1n) is 29.5. The van der Waals surface area contributed by atoms with E-state index in [1.165, 1.54) is 134 Å². The van der Waals surface area contributed by atoms with E-state index in [-0.39, 0.29) is 91.1 Å². The van der Waals surface area contributed by atoms with Crippen molar-refractivity contribution >= 4 is 80.6 Å². The molecule has 0 aromatic rings. The minimum atomic E-state index is -0.215. The Balaban J connectivity index is 0.000000429. The van der Waals surface area contributed by atoms with Gasteiger partial charge in [0.2, 0.25) is 0 Å². The molecule has 426 valence electrons. The van der Waals surface area contributed by atoms with Crippen molar-refractivity contribution in [2.75, 3.05) is 91.3 Å². The molecule has 6 aliphatic rings. The van der Waals surface area contributed by atoms with E-state index in [0.29, 0.717) is 19.8 Å². The number of rotatable bonds is 26. The lowest BCUT2D eigenvalue weighted by molar-refractivity contribution is -0.238. The Labute approximate surface area is 460 Å². The summed E-state index contributed by atoms with van der Waals surface area (Å²) < 4.78 is 61.3. The first kappa shape index (κ1) is 70.6. The molecule has 0 aromatic heterocycles. The smallest absolute Gasteiger partial charge is 0.180 e. The molecule has 0 bridgehead atoms. The molecule has 6 fully saturated rings. The quantitative estimate of drug-likeness (QED) is 0.0469. The second kappa shape index (κ2) is 47.6.